The summed E-state index contributed by atoms with van der Waals surface area (Å²) in [5, 5.41) is 2.79. The zero-order valence-electron chi connectivity index (χ0n) is 11.9. The van der Waals surface area contributed by atoms with E-state index in [2.05, 4.69) is 5.32 Å². The Bertz CT molecular complexity index is 523. The van der Waals surface area contributed by atoms with E-state index in [9.17, 15) is 13.2 Å². The highest BCUT2D eigenvalue weighted by Gasteiger charge is 2.53. The van der Waals surface area contributed by atoms with Crippen LogP contribution >= 0.6 is 0 Å². The number of likely N-dealkylation sites (tertiary alicyclic amines) is 1. The number of nitrogens with zero attached hydrogens (tertiary/aromatic N) is 1. The van der Waals surface area contributed by atoms with Crippen molar-refractivity contribution < 1.29 is 13.2 Å². The van der Waals surface area contributed by atoms with Gasteiger partial charge in [0.1, 0.15) is 0 Å². The molecule has 1 aliphatic heterocycles. The fraction of sp³-hybridized carbons (Fsp3) is 0.923. The van der Waals surface area contributed by atoms with Crippen molar-refractivity contribution in [3.05, 3.63) is 0 Å². The highest BCUT2D eigenvalue weighted by atomic mass is 32.2. The number of hydrogen-bond acceptors (Lipinski definition) is 4. The molecule has 1 spiro atoms. The molecule has 7 heteroatoms. The first kappa shape index (κ1) is 14.1. The van der Waals surface area contributed by atoms with E-state index < -0.39 is 14.6 Å². The number of nitrogens with two attached hydrogens (primary N) is 1. The Morgan fingerprint density at radius 3 is 2.40 bits per heavy atom. The third-order valence-electron chi connectivity index (χ3n) is 5.50. The van der Waals surface area contributed by atoms with Crippen molar-refractivity contribution in [3.63, 3.8) is 0 Å². The van der Waals surface area contributed by atoms with Gasteiger partial charge in [-0.05, 0) is 25.7 Å². The molecule has 1 heterocycles. The Balaban J connectivity index is 1.56. The van der Waals surface area contributed by atoms with Crippen molar-refractivity contribution >= 4 is 15.9 Å². The van der Waals surface area contributed by atoms with Crippen molar-refractivity contribution in [3.8, 4) is 0 Å². The molecular formula is C13H23N3O3S. The molecule has 2 amide bonds. The van der Waals surface area contributed by atoms with Gasteiger partial charge in [0.2, 0.25) is 0 Å². The van der Waals surface area contributed by atoms with Gasteiger partial charge in [0, 0.05) is 37.3 Å². The van der Waals surface area contributed by atoms with Gasteiger partial charge >= 0.3 is 6.03 Å². The summed E-state index contributed by atoms with van der Waals surface area (Å²) in [6, 6.07) is -0.106. The summed E-state index contributed by atoms with van der Waals surface area (Å²) in [6.07, 6.45) is 5.95. The van der Waals surface area contributed by atoms with Crippen LogP contribution in [0.3, 0.4) is 0 Å². The number of nitrogens with one attached hydrogen (secondary N) is 1. The summed E-state index contributed by atoms with van der Waals surface area (Å²) in [5.74, 6) is 0. The van der Waals surface area contributed by atoms with E-state index in [4.69, 9.17) is 5.73 Å². The summed E-state index contributed by atoms with van der Waals surface area (Å²) in [7, 11) is -3.10. The molecule has 0 aromatic carbocycles. The van der Waals surface area contributed by atoms with E-state index in [-0.39, 0.29) is 24.0 Å². The maximum absolute atomic E-state index is 12.2. The van der Waals surface area contributed by atoms with Crippen LogP contribution in [-0.4, -0.2) is 56.0 Å². The molecule has 1 atom stereocenters. The minimum absolute atomic E-state index is 0.0618. The summed E-state index contributed by atoms with van der Waals surface area (Å²) in [4.78, 5) is 13.9. The molecular weight excluding hydrogens is 278 g/mol. The number of urea groups is 1. The Hall–Kier alpha value is -0.820. The number of hydrogen-bond donors (Lipinski definition) is 2. The minimum Gasteiger partial charge on any atom is -0.336 e. The highest BCUT2D eigenvalue weighted by Crippen LogP contribution is 2.47. The third-order valence-corrected chi connectivity index (χ3v) is 7.63. The Morgan fingerprint density at radius 1 is 1.35 bits per heavy atom. The van der Waals surface area contributed by atoms with Crippen LogP contribution in [0.5, 0.6) is 0 Å². The predicted octanol–water partition coefficient (Wildman–Crippen LogP) is 0.0864. The van der Waals surface area contributed by atoms with Gasteiger partial charge in [0.15, 0.2) is 9.84 Å². The lowest BCUT2D eigenvalue weighted by atomic mass is 9.66. The zero-order valence-corrected chi connectivity index (χ0v) is 12.7. The maximum Gasteiger partial charge on any atom is 0.317 e. The van der Waals surface area contributed by atoms with Crippen molar-refractivity contribution in [2.24, 2.45) is 11.1 Å². The fourth-order valence-corrected chi connectivity index (χ4v) is 4.65. The average Bonchev–Trinajstić information content (AvgIpc) is 3.02. The van der Waals surface area contributed by atoms with Crippen LogP contribution in [0.4, 0.5) is 4.79 Å². The van der Waals surface area contributed by atoms with Crippen LogP contribution < -0.4 is 11.1 Å². The quantitative estimate of drug-likeness (QED) is 0.772. The highest BCUT2D eigenvalue weighted by molar-refractivity contribution is 7.92. The monoisotopic (exact) mass is 301 g/mol. The van der Waals surface area contributed by atoms with Gasteiger partial charge in [0.25, 0.3) is 0 Å². The molecule has 2 aliphatic carbocycles. The van der Waals surface area contributed by atoms with E-state index in [0.29, 0.717) is 25.9 Å². The lowest BCUT2D eigenvalue weighted by Gasteiger charge is -2.41. The lowest BCUT2D eigenvalue weighted by Crippen LogP contribution is -2.46. The van der Waals surface area contributed by atoms with Crippen molar-refractivity contribution in [1.82, 2.24) is 10.2 Å². The molecule has 3 N–H and O–H groups in total. The number of amides is 2. The first-order valence-electron chi connectivity index (χ1n) is 7.26. The van der Waals surface area contributed by atoms with Crippen molar-refractivity contribution in [2.75, 3.05) is 25.9 Å². The summed E-state index contributed by atoms with van der Waals surface area (Å²) < 4.78 is 22.6. The lowest BCUT2D eigenvalue weighted by molar-refractivity contribution is 0.125. The maximum atomic E-state index is 12.2. The molecule has 1 saturated heterocycles. The molecule has 3 fully saturated rings. The van der Waals surface area contributed by atoms with E-state index >= 15 is 0 Å². The Morgan fingerprint density at radius 2 is 2.00 bits per heavy atom. The van der Waals surface area contributed by atoms with E-state index in [1.54, 1.807) is 4.90 Å². The molecule has 1 unspecified atom stereocenters. The van der Waals surface area contributed by atoms with Crippen LogP contribution in [0, 0.1) is 5.41 Å². The molecule has 6 nitrogen and oxygen atoms in total. The van der Waals surface area contributed by atoms with Gasteiger partial charge in [0.05, 0.1) is 4.75 Å². The second-order valence-electron chi connectivity index (χ2n) is 6.82. The largest absolute Gasteiger partial charge is 0.336 e. The van der Waals surface area contributed by atoms with Crippen LogP contribution in [0.15, 0.2) is 0 Å². The van der Waals surface area contributed by atoms with E-state index in [0.717, 1.165) is 12.8 Å². The number of carbonyl (C=O) groups excluding carboxylic acids is 1. The van der Waals surface area contributed by atoms with Crippen LogP contribution in [0.1, 0.15) is 32.1 Å². The molecule has 0 bridgehead atoms. The molecule has 0 aromatic heterocycles. The van der Waals surface area contributed by atoms with Crippen LogP contribution in [-0.2, 0) is 9.84 Å². The molecule has 20 heavy (non-hydrogen) atoms. The third kappa shape index (κ3) is 2.11. The van der Waals surface area contributed by atoms with Crippen molar-refractivity contribution in [2.45, 2.75) is 42.9 Å². The summed E-state index contributed by atoms with van der Waals surface area (Å²) in [6.45, 7) is 1.52. The Kier molecular flexibility index (Phi) is 3.06. The fourth-order valence-electron chi connectivity index (χ4n) is 3.47. The van der Waals surface area contributed by atoms with Gasteiger partial charge < -0.3 is 16.0 Å². The van der Waals surface area contributed by atoms with Gasteiger partial charge in [-0.25, -0.2) is 13.2 Å². The van der Waals surface area contributed by atoms with Crippen LogP contribution in [0.25, 0.3) is 0 Å². The first-order valence-corrected chi connectivity index (χ1v) is 9.15. The number of rotatable bonds is 3. The standard InChI is InChI=1S/C13H23N3O3S/c1-20(18,19)13(5-6-13)8-15-11(17)16-7-10(14)12(9-16)3-2-4-12/h10H,2-9,14H2,1H3,(H,15,17). The number of sulfone groups is 1. The SMILES string of the molecule is CS(=O)(=O)C1(CNC(=O)N2CC(N)C3(CCC3)C2)CC1. The first-order chi connectivity index (χ1) is 9.28. The Labute approximate surface area is 120 Å². The van der Waals surface area contributed by atoms with E-state index in [1.807, 2.05) is 0 Å². The molecule has 3 rings (SSSR count). The van der Waals surface area contributed by atoms with Gasteiger partial charge in [-0.1, -0.05) is 6.42 Å². The molecule has 2 saturated carbocycles. The smallest absolute Gasteiger partial charge is 0.317 e. The zero-order chi connectivity index (χ0) is 14.6. The van der Waals surface area contributed by atoms with Crippen LogP contribution in [0.2, 0.25) is 0 Å². The second-order valence-corrected chi connectivity index (χ2v) is 9.23. The summed E-state index contributed by atoms with van der Waals surface area (Å²) in [5.41, 5.74) is 6.28. The molecule has 114 valence electrons. The topological polar surface area (TPSA) is 92.5 Å². The molecule has 3 aliphatic rings. The molecule has 0 radical (unpaired) electrons. The second kappa shape index (κ2) is 4.34. The van der Waals surface area contributed by atoms with Crippen molar-refractivity contribution in [1.29, 1.82) is 0 Å². The van der Waals surface area contributed by atoms with Gasteiger partial charge in [-0.3, -0.25) is 0 Å². The molecule has 0 aromatic rings. The predicted molar refractivity (Wildman–Crippen MR) is 76.0 cm³/mol. The normalized spacial score (nSPS) is 30.1. The summed E-state index contributed by atoms with van der Waals surface area (Å²) >= 11 is 0. The number of carbonyl (C=O) groups is 1. The average molecular weight is 301 g/mol. The van der Waals surface area contributed by atoms with E-state index in [1.165, 1.54) is 12.7 Å². The van der Waals surface area contributed by atoms with Gasteiger partial charge in [-0.15, -0.1) is 0 Å². The van der Waals surface area contributed by atoms with Gasteiger partial charge in [-0.2, -0.15) is 0 Å². The minimum atomic E-state index is -3.10.